The number of hydrogen-bond donors (Lipinski definition) is 1. The van der Waals surface area contributed by atoms with Crippen molar-refractivity contribution >= 4 is 0 Å². The Morgan fingerprint density at radius 3 is 2.25 bits per heavy atom. The van der Waals surface area contributed by atoms with E-state index in [1.807, 2.05) is 0 Å². The topological polar surface area (TPSA) is 20.2 Å². The molecule has 0 aromatic heterocycles. The highest BCUT2D eigenvalue weighted by Crippen LogP contribution is 2.45. The van der Waals surface area contributed by atoms with Crippen molar-refractivity contribution < 1.29 is 13.9 Å². The Morgan fingerprint density at radius 2 is 2.25 bits per heavy atom. The Balaban J connectivity index is 2.47. The first-order valence-corrected chi connectivity index (χ1v) is 2.58. The third-order valence-electron chi connectivity index (χ3n) is 1.55. The van der Waals surface area contributed by atoms with Gasteiger partial charge < -0.3 is 5.11 Å². The van der Waals surface area contributed by atoms with Crippen LogP contribution in [0.3, 0.4) is 0 Å². The van der Waals surface area contributed by atoms with Crippen LogP contribution in [0.25, 0.3) is 0 Å². The Hall–Kier alpha value is -0.180. The summed E-state index contributed by atoms with van der Waals surface area (Å²) in [7, 11) is 0. The molecule has 3 atom stereocenters. The lowest BCUT2D eigenvalue weighted by atomic mass is 10.2. The summed E-state index contributed by atoms with van der Waals surface area (Å²) in [5, 5.41) is 8.51. The summed E-state index contributed by atoms with van der Waals surface area (Å²) in [6.07, 6.45) is -2.72. The van der Waals surface area contributed by atoms with E-state index in [0.29, 0.717) is 0 Å². The molecule has 0 heterocycles. The first-order valence-electron chi connectivity index (χ1n) is 2.58. The molecule has 1 aliphatic carbocycles. The minimum Gasteiger partial charge on any atom is -0.390 e. The average molecular weight is 122 g/mol. The molecule has 0 aromatic carbocycles. The van der Waals surface area contributed by atoms with Gasteiger partial charge in [-0.3, -0.25) is 0 Å². The fraction of sp³-hybridized carbons (Fsp3) is 1.00. The molecule has 0 spiro atoms. The molecule has 0 saturated heterocycles. The Bertz CT molecular complexity index is 105. The number of aliphatic hydroxyl groups is 1. The number of halogens is 2. The van der Waals surface area contributed by atoms with Gasteiger partial charge >= 0.3 is 0 Å². The maximum atomic E-state index is 12.4. The Kier molecular flexibility index (Phi) is 1.05. The van der Waals surface area contributed by atoms with Crippen molar-refractivity contribution in [1.29, 1.82) is 0 Å². The monoisotopic (exact) mass is 122 g/mol. The van der Waals surface area contributed by atoms with Crippen LogP contribution in [0.15, 0.2) is 0 Å². The normalized spacial score (nSPS) is 48.8. The van der Waals surface area contributed by atoms with Crippen LogP contribution < -0.4 is 0 Å². The lowest BCUT2D eigenvalue weighted by Gasteiger charge is -2.05. The molecule has 1 rings (SSSR count). The molecule has 1 N–H and O–H groups in total. The molecule has 8 heavy (non-hydrogen) atoms. The van der Waals surface area contributed by atoms with E-state index in [4.69, 9.17) is 5.11 Å². The molecule has 0 radical (unpaired) electrons. The largest absolute Gasteiger partial charge is 0.390 e. The summed E-state index contributed by atoms with van der Waals surface area (Å²) in [6, 6.07) is 0. The number of rotatable bonds is 1. The minimum atomic E-state index is -1.90. The minimum absolute atomic E-state index is 0.134. The standard InChI is InChI=1S/C5H8F2O/c1-3(8)5(7)2-4(5)6/h3-4,8H,2H2,1H3. The second-order valence-corrected chi connectivity index (χ2v) is 2.27. The molecule has 48 valence electrons. The summed E-state index contributed by atoms with van der Waals surface area (Å²) in [6.45, 7) is 1.26. The predicted molar refractivity (Wildman–Crippen MR) is 25.0 cm³/mol. The van der Waals surface area contributed by atoms with E-state index >= 15 is 0 Å². The van der Waals surface area contributed by atoms with E-state index in [2.05, 4.69) is 0 Å². The fourth-order valence-corrected chi connectivity index (χ4v) is 0.648. The number of alkyl halides is 2. The molecule has 0 aromatic rings. The van der Waals surface area contributed by atoms with Gasteiger partial charge in [-0.25, -0.2) is 8.78 Å². The first kappa shape index (κ1) is 5.95. The summed E-state index contributed by atoms with van der Waals surface area (Å²) in [4.78, 5) is 0. The number of aliphatic hydroxyl groups excluding tert-OH is 1. The molecule has 0 amide bonds. The Morgan fingerprint density at radius 1 is 1.88 bits per heavy atom. The zero-order valence-corrected chi connectivity index (χ0v) is 4.56. The molecular formula is C5H8F2O. The second-order valence-electron chi connectivity index (χ2n) is 2.27. The van der Waals surface area contributed by atoms with Gasteiger partial charge in [0, 0.05) is 6.42 Å². The Labute approximate surface area is 46.3 Å². The van der Waals surface area contributed by atoms with E-state index in [0.717, 1.165) is 0 Å². The van der Waals surface area contributed by atoms with Crippen molar-refractivity contribution in [1.82, 2.24) is 0 Å². The molecule has 0 bridgehead atoms. The molecule has 1 fully saturated rings. The van der Waals surface area contributed by atoms with Gasteiger partial charge in [0.2, 0.25) is 0 Å². The van der Waals surface area contributed by atoms with Gasteiger partial charge in [0.15, 0.2) is 5.67 Å². The van der Waals surface area contributed by atoms with Gasteiger partial charge in [-0.15, -0.1) is 0 Å². The van der Waals surface area contributed by atoms with E-state index in [1.165, 1.54) is 6.92 Å². The van der Waals surface area contributed by atoms with Crippen LogP contribution >= 0.6 is 0 Å². The molecule has 1 saturated carbocycles. The van der Waals surface area contributed by atoms with Crippen molar-refractivity contribution in [2.45, 2.75) is 31.3 Å². The fourth-order valence-electron chi connectivity index (χ4n) is 0.648. The lowest BCUT2D eigenvalue weighted by Crippen LogP contribution is -2.22. The smallest absolute Gasteiger partial charge is 0.170 e. The molecule has 3 unspecified atom stereocenters. The van der Waals surface area contributed by atoms with Crippen molar-refractivity contribution in [3.63, 3.8) is 0 Å². The maximum Gasteiger partial charge on any atom is 0.170 e. The molecule has 0 aliphatic heterocycles. The van der Waals surface area contributed by atoms with Crippen LogP contribution in [-0.4, -0.2) is 23.1 Å². The zero-order chi connectivity index (χ0) is 6.36. The number of hydrogen-bond acceptors (Lipinski definition) is 1. The summed E-state index contributed by atoms with van der Waals surface area (Å²) < 4.78 is 24.3. The quantitative estimate of drug-likeness (QED) is 0.545. The highest BCUT2D eigenvalue weighted by atomic mass is 19.2. The van der Waals surface area contributed by atoms with Crippen molar-refractivity contribution in [2.24, 2.45) is 0 Å². The molecule has 1 nitrogen and oxygen atoms in total. The van der Waals surface area contributed by atoms with E-state index in [-0.39, 0.29) is 6.42 Å². The van der Waals surface area contributed by atoms with Gasteiger partial charge in [-0.2, -0.15) is 0 Å². The third-order valence-corrected chi connectivity index (χ3v) is 1.55. The van der Waals surface area contributed by atoms with Crippen molar-refractivity contribution in [3.05, 3.63) is 0 Å². The van der Waals surface area contributed by atoms with Crippen LogP contribution in [0, 0.1) is 0 Å². The van der Waals surface area contributed by atoms with Crippen LogP contribution in [-0.2, 0) is 0 Å². The molecule has 1 aliphatic rings. The van der Waals surface area contributed by atoms with E-state index in [9.17, 15) is 8.78 Å². The van der Waals surface area contributed by atoms with Crippen LogP contribution in [0.5, 0.6) is 0 Å². The van der Waals surface area contributed by atoms with Crippen LogP contribution in [0.1, 0.15) is 13.3 Å². The van der Waals surface area contributed by atoms with Gasteiger partial charge in [-0.05, 0) is 6.92 Å². The zero-order valence-electron chi connectivity index (χ0n) is 4.56. The summed E-state index contributed by atoms with van der Waals surface area (Å²) >= 11 is 0. The van der Waals surface area contributed by atoms with Crippen LogP contribution in [0.4, 0.5) is 8.78 Å². The third kappa shape index (κ3) is 0.616. The second kappa shape index (κ2) is 1.41. The molecular weight excluding hydrogens is 114 g/mol. The average Bonchev–Trinajstić information content (AvgIpc) is 2.17. The lowest BCUT2D eigenvalue weighted by molar-refractivity contribution is 0.0591. The van der Waals surface area contributed by atoms with E-state index in [1.54, 1.807) is 0 Å². The van der Waals surface area contributed by atoms with E-state index < -0.39 is 17.9 Å². The first-order chi connectivity index (χ1) is 3.57. The van der Waals surface area contributed by atoms with Gasteiger partial charge in [0.1, 0.15) is 6.17 Å². The SMILES string of the molecule is CC(O)C1(F)CC1F. The summed E-state index contributed by atoms with van der Waals surface area (Å²) in [5.74, 6) is 0. The molecule has 3 heteroatoms. The van der Waals surface area contributed by atoms with Gasteiger partial charge in [-0.1, -0.05) is 0 Å². The summed E-state index contributed by atoms with van der Waals surface area (Å²) in [5.41, 5.74) is -1.90. The predicted octanol–water partition coefficient (Wildman–Crippen LogP) is 0.817. The maximum absolute atomic E-state index is 12.4. The highest BCUT2D eigenvalue weighted by molar-refractivity contribution is 5.08. The van der Waals surface area contributed by atoms with Crippen molar-refractivity contribution in [2.75, 3.05) is 0 Å². The highest BCUT2D eigenvalue weighted by Gasteiger charge is 2.60. The van der Waals surface area contributed by atoms with Gasteiger partial charge in [0.05, 0.1) is 6.10 Å². The van der Waals surface area contributed by atoms with Crippen molar-refractivity contribution in [3.8, 4) is 0 Å². The van der Waals surface area contributed by atoms with Crippen LogP contribution in [0.2, 0.25) is 0 Å². The van der Waals surface area contributed by atoms with Gasteiger partial charge in [0.25, 0.3) is 0 Å².